The normalized spacial score (nSPS) is 15.7. The van der Waals surface area contributed by atoms with E-state index in [0.29, 0.717) is 11.1 Å². The van der Waals surface area contributed by atoms with Gasteiger partial charge in [-0.3, -0.25) is 9.78 Å². The lowest BCUT2D eigenvalue weighted by atomic mass is 10.1. The van der Waals surface area contributed by atoms with Gasteiger partial charge in [0.15, 0.2) is 0 Å². The predicted octanol–water partition coefficient (Wildman–Crippen LogP) is 2.52. The summed E-state index contributed by atoms with van der Waals surface area (Å²) in [6.45, 7) is 0.832. The Morgan fingerprint density at radius 2 is 1.68 bits per heavy atom. The van der Waals surface area contributed by atoms with Crippen LogP contribution in [0.2, 0.25) is 0 Å². The van der Waals surface area contributed by atoms with Gasteiger partial charge in [-0.2, -0.15) is 4.31 Å². The van der Waals surface area contributed by atoms with E-state index in [2.05, 4.69) is 4.98 Å². The van der Waals surface area contributed by atoms with Gasteiger partial charge in [-0.25, -0.2) is 12.8 Å². The van der Waals surface area contributed by atoms with Crippen molar-refractivity contribution in [1.82, 2.24) is 14.2 Å². The van der Waals surface area contributed by atoms with E-state index in [0.717, 1.165) is 11.5 Å². The number of fused-ring (bicyclic) bond motifs is 1. The van der Waals surface area contributed by atoms with Crippen LogP contribution in [-0.2, 0) is 10.0 Å². The Balaban J connectivity index is 1.52. The van der Waals surface area contributed by atoms with Gasteiger partial charge < -0.3 is 4.90 Å². The van der Waals surface area contributed by atoms with Crippen LogP contribution in [0.1, 0.15) is 10.4 Å². The number of para-hydroxylation sites is 1. The molecular formula is C20H18FN3O3S. The van der Waals surface area contributed by atoms with E-state index in [1.165, 1.54) is 22.5 Å². The van der Waals surface area contributed by atoms with Crippen LogP contribution < -0.4 is 0 Å². The third-order valence-corrected chi connectivity index (χ3v) is 6.72. The Labute approximate surface area is 162 Å². The highest BCUT2D eigenvalue weighted by atomic mass is 32.2. The molecule has 3 aromatic rings. The van der Waals surface area contributed by atoms with Crippen molar-refractivity contribution in [2.75, 3.05) is 26.2 Å². The first kappa shape index (κ1) is 18.5. The fourth-order valence-corrected chi connectivity index (χ4v) is 4.81. The molecule has 2 aromatic carbocycles. The molecule has 4 rings (SSSR count). The fourth-order valence-electron chi connectivity index (χ4n) is 3.36. The number of carbonyl (C=O) groups excluding carboxylic acids is 1. The van der Waals surface area contributed by atoms with Crippen LogP contribution in [0.25, 0.3) is 10.9 Å². The van der Waals surface area contributed by atoms with Gasteiger partial charge in [0, 0.05) is 37.8 Å². The molecule has 144 valence electrons. The largest absolute Gasteiger partial charge is 0.336 e. The summed E-state index contributed by atoms with van der Waals surface area (Å²) in [5.74, 6) is -0.773. The zero-order chi connectivity index (χ0) is 19.7. The van der Waals surface area contributed by atoms with Crippen molar-refractivity contribution in [3.8, 4) is 0 Å². The summed E-state index contributed by atoms with van der Waals surface area (Å²) in [5, 5.41) is 0.876. The molecule has 28 heavy (non-hydrogen) atoms. The van der Waals surface area contributed by atoms with Crippen LogP contribution in [0.5, 0.6) is 0 Å². The Morgan fingerprint density at radius 3 is 2.43 bits per heavy atom. The average molecular weight is 399 g/mol. The van der Waals surface area contributed by atoms with Crippen molar-refractivity contribution in [2.24, 2.45) is 0 Å². The Bertz CT molecular complexity index is 1140. The Morgan fingerprint density at radius 1 is 0.964 bits per heavy atom. The van der Waals surface area contributed by atoms with E-state index in [4.69, 9.17) is 0 Å². The number of nitrogens with zero attached hydrogens (tertiary/aromatic N) is 3. The molecule has 2 heterocycles. The van der Waals surface area contributed by atoms with Crippen LogP contribution in [0.3, 0.4) is 0 Å². The number of aromatic nitrogens is 1. The number of carbonyl (C=O) groups is 1. The molecule has 0 saturated carbocycles. The van der Waals surface area contributed by atoms with Crippen LogP contribution in [0, 0.1) is 5.82 Å². The van der Waals surface area contributed by atoms with E-state index < -0.39 is 15.8 Å². The summed E-state index contributed by atoms with van der Waals surface area (Å²) < 4.78 is 40.1. The summed E-state index contributed by atoms with van der Waals surface area (Å²) in [7, 11) is -3.79. The number of hydrogen-bond acceptors (Lipinski definition) is 4. The second kappa shape index (κ2) is 7.29. The number of piperazine rings is 1. The minimum Gasteiger partial charge on any atom is -0.336 e. The highest BCUT2D eigenvalue weighted by Crippen LogP contribution is 2.21. The molecule has 0 unspecified atom stereocenters. The zero-order valence-corrected chi connectivity index (χ0v) is 15.8. The third kappa shape index (κ3) is 3.36. The third-order valence-electron chi connectivity index (χ3n) is 4.82. The fraction of sp³-hybridized carbons (Fsp3) is 0.200. The summed E-state index contributed by atoms with van der Waals surface area (Å²) in [6, 6.07) is 14.1. The zero-order valence-electron chi connectivity index (χ0n) is 15.0. The van der Waals surface area contributed by atoms with Crippen molar-refractivity contribution >= 4 is 26.8 Å². The van der Waals surface area contributed by atoms with Gasteiger partial charge in [0.05, 0.1) is 16.0 Å². The molecule has 6 nitrogen and oxygen atoms in total. The van der Waals surface area contributed by atoms with Crippen molar-refractivity contribution in [2.45, 2.75) is 4.90 Å². The van der Waals surface area contributed by atoms with Gasteiger partial charge in [0.1, 0.15) is 5.82 Å². The number of benzene rings is 2. The van der Waals surface area contributed by atoms with Crippen LogP contribution >= 0.6 is 0 Å². The number of hydrogen-bond donors (Lipinski definition) is 0. The summed E-state index contributed by atoms with van der Waals surface area (Å²) in [4.78, 5) is 18.8. The van der Waals surface area contributed by atoms with Gasteiger partial charge in [-0.1, -0.05) is 24.3 Å². The van der Waals surface area contributed by atoms with Crippen molar-refractivity contribution in [1.29, 1.82) is 0 Å². The van der Waals surface area contributed by atoms with Crippen LogP contribution in [0.4, 0.5) is 4.39 Å². The van der Waals surface area contributed by atoms with Gasteiger partial charge in [-0.05, 0) is 30.3 Å². The maximum Gasteiger partial charge on any atom is 0.256 e. The topological polar surface area (TPSA) is 70.6 Å². The average Bonchev–Trinajstić information content (AvgIpc) is 2.73. The van der Waals surface area contributed by atoms with Crippen LogP contribution in [0.15, 0.2) is 65.7 Å². The molecule has 0 spiro atoms. The van der Waals surface area contributed by atoms with E-state index in [-0.39, 0.29) is 37.0 Å². The lowest BCUT2D eigenvalue weighted by Gasteiger charge is -2.34. The SMILES string of the molecule is O=C(c1cccc2cccnc12)N1CCN(S(=O)(=O)c2cccc(F)c2)CC1. The second-order valence-electron chi connectivity index (χ2n) is 6.53. The summed E-state index contributed by atoms with van der Waals surface area (Å²) >= 11 is 0. The van der Waals surface area contributed by atoms with E-state index in [1.54, 1.807) is 17.2 Å². The number of rotatable bonds is 3. The van der Waals surface area contributed by atoms with Crippen molar-refractivity contribution in [3.05, 3.63) is 72.2 Å². The summed E-state index contributed by atoms with van der Waals surface area (Å²) in [6.07, 6.45) is 1.64. The number of pyridine rings is 1. The molecule has 1 aliphatic rings. The number of sulfonamides is 1. The maximum atomic E-state index is 13.4. The quantitative estimate of drug-likeness (QED) is 0.679. The molecule has 1 saturated heterocycles. The van der Waals surface area contributed by atoms with Gasteiger partial charge in [0.25, 0.3) is 5.91 Å². The molecule has 8 heteroatoms. The minimum atomic E-state index is -3.79. The molecule has 1 aromatic heterocycles. The molecule has 0 bridgehead atoms. The molecular weight excluding hydrogens is 381 g/mol. The van der Waals surface area contributed by atoms with Gasteiger partial charge >= 0.3 is 0 Å². The van der Waals surface area contributed by atoms with Crippen molar-refractivity contribution in [3.63, 3.8) is 0 Å². The molecule has 1 fully saturated rings. The number of halogens is 1. The molecule has 0 radical (unpaired) electrons. The molecule has 1 aliphatic heterocycles. The van der Waals surface area contributed by atoms with Crippen LogP contribution in [-0.4, -0.2) is 54.7 Å². The smallest absolute Gasteiger partial charge is 0.256 e. The molecule has 0 atom stereocenters. The molecule has 1 amide bonds. The van der Waals surface area contributed by atoms with Crippen molar-refractivity contribution < 1.29 is 17.6 Å². The standard InChI is InChI=1S/C20H18FN3O3S/c21-16-6-2-7-17(14-16)28(26,27)24-12-10-23(11-13-24)20(25)18-8-1-4-15-5-3-9-22-19(15)18/h1-9,14H,10-13H2. The monoisotopic (exact) mass is 399 g/mol. The molecule has 0 N–H and O–H groups in total. The minimum absolute atomic E-state index is 0.0782. The van der Waals surface area contributed by atoms with E-state index >= 15 is 0 Å². The number of amides is 1. The molecule has 0 aliphatic carbocycles. The second-order valence-corrected chi connectivity index (χ2v) is 8.47. The highest BCUT2D eigenvalue weighted by Gasteiger charge is 2.31. The first-order valence-electron chi connectivity index (χ1n) is 8.85. The Kier molecular flexibility index (Phi) is 4.82. The lowest BCUT2D eigenvalue weighted by molar-refractivity contribution is 0.0699. The van der Waals surface area contributed by atoms with Gasteiger partial charge in [-0.15, -0.1) is 0 Å². The first-order chi connectivity index (χ1) is 13.5. The maximum absolute atomic E-state index is 13.4. The predicted molar refractivity (Wildman–Crippen MR) is 103 cm³/mol. The van der Waals surface area contributed by atoms with Gasteiger partial charge in [0.2, 0.25) is 10.0 Å². The summed E-state index contributed by atoms with van der Waals surface area (Å²) in [5.41, 5.74) is 1.13. The first-order valence-corrected chi connectivity index (χ1v) is 10.3. The Hall–Kier alpha value is -2.84. The van der Waals surface area contributed by atoms with E-state index in [9.17, 15) is 17.6 Å². The van der Waals surface area contributed by atoms with E-state index in [1.807, 2.05) is 24.3 Å². The lowest BCUT2D eigenvalue weighted by Crippen LogP contribution is -2.50. The highest BCUT2D eigenvalue weighted by molar-refractivity contribution is 7.89.